The van der Waals surface area contributed by atoms with E-state index in [1.165, 1.54) is 5.56 Å². The zero-order valence-electron chi connectivity index (χ0n) is 15.0. The maximum atomic E-state index is 12.6. The van der Waals surface area contributed by atoms with E-state index in [0.717, 1.165) is 33.7 Å². The van der Waals surface area contributed by atoms with E-state index in [4.69, 9.17) is 11.6 Å². The zero-order chi connectivity index (χ0) is 19.0. The molecule has 2 N–H and O–H groups in total. The summed E-state index contributed by atoms with van der Waals surface area (Å²) in [7, 11) is 0. The number of imidazole rings is 1. The molecule has 4 aromatic rings. The van der Waals surface area contributed by atoms with Crippen molar-refractivity contribution in [3.63, 3.8) is 0 Å². The number of aromatic nitrogens is 2. The normalized spacial score (nSPS) is 10.9. The molecule has 4 nitrogen and oxygen atoms in total. The third-order valence-corrected chi connectivity index (χ3v) is 4.84. The Hall–Kier alpha value is -3.11. The molecule has 0 aliphatic rings. The van der Waals surface area contributed by atoms with Gasteiger partial charge in [0.25, 0.3) is 5.91 Å². The summed E-state index contributed by atoms with van der Waals surface area (Å²) in [5.41, 5.74) is 6.13. The van der Waals surface area contributed by atoms with Crippen LogP contribution in [0.4, 0.5) is 5.69 Å². The number of anilines is 1. The van der Waals surface area contributed by atoms with Crippen LogP contribution in [0.5, 0.6) is 0 Å². The summed E-state index contributed by atoms with van der Waals surface area (Å²) in [4.78, 5) is 20.6. The molecule has 1 aromatic heterocycles. The van der Waals surface area contributed by atoms with Gasteiger partial charge in [0.05, 0.1) is 21.6 Å². The van der Waals surface area contributed by atoms with Gasteiger partial charge in [-0.2, -0.15) is 0 Å². The van der Waals surface area contributed by atoms with Gasteiger partial charge in [0.15, 0.2) is 0 Å². The number of nitrogens with one attached hydrogen (secondary N) is 2. The Bertz CT molecular complexity index is 1160. The van der Waals surface area contributed by atoms with Crippen LogP contribution in [0, 0.1) is 13.8 Å². The molecule has 1 amide bonds. The average Bonchev–Trinajstić information content (AvgIpc) is 3.07. The van der Waals surface area contributed by atoms with Gasteiger partial charge < -0.3 is 10.3 Å². The first kappa shape index (κ1) is 17.3. The monoisotopic (exact) mass is 375 g/mol. The SMILES string of the molecule is Cc1ccc2nc(-c3ccc(C)c(NC(=O)c4ccccc4Cl)c3)[nH]c2c1. The minimum atomic E-state index is -0.235. The van der Waals surface area contributed by atoms with Gasteiger partial charge in [-0.15, -0.1) is 0 Å². The summed E-state index contributed by atoms with van der Waals surface area (Å²) in [5, 5.41) is 3.38. The van der Waals surface area contributed by atoms with Crippen molar-refractivity contribution < 1.29 is 4.79 Å². The summed E-state index contributed by atoms with van der Waals surface area (Å²) < 4.78 is 0. The van der Waals surface area contributed by atoms with Crippen LogP contribution >= 0.6 is 11.6 Å². The summed E-state index contributed by atoms with van der Waals surface area (Å²) >= 11 is 6.13. The average molecular weight is 376 g/mol. The molecule has 0 bridgehead atoms. The topological polar surface area (TPSA) is 57.8 Å². The molecule has 0 saturated heterocycles. The summed E-state index contributed by atoms with van der Waals surface area (Å²) in [6.45, 7) is 4.00. The predicted molar refractivity (Wildman–Crippen MR) is 110 cm³/mol. The quantitative estimate of drug-likeness (QED) is 0.478. The van der Waals surface area contributed by atoms with Crippen LogP contribution in [0.3, 0.4) is 0 Å². The van der Waals surface area contributed by atoms with E-state index in [9.17, 15) is 4.79 Å². The highest BCUT2D eigenvalue weighted by molar-refractivity contribution is 6.34. The number of aryl methyl sites for hydroxylation is 2. The molecule has 0 spiro atoms. The van der Waals surface area contributed by atoms with Gasteiger partial charge >= 0.3 is 0 Å². The van der Waals surface area contributed by atoms with Crippen LogP contribution in [0.2, 0.25) is 5.02 Å². The first-order valence-corrected chi connectivity index (χ1v) is 9.02. The van der Waals surface area contributed by atoms with Gasteiger partial charge in [0.1, 0.15) is 5.82 Å². The Labute approximate surface area is 162 Å². The first-order valence-electron chi connectivity index (χ1n) is 8.64. The van der Waals surface area contributed by atoms with Gasteiger partial charge in [0.2, 0.25) is 0 Å². The summed E-state index contributed by atoms with van der Waals surface area (Å²) in [6.07, 6.45) is 0. The van der Waals surface area contributed by atoms with Crippen LogP contribution in [-0.4, -0.2) is 15.9 Å². The number of carbonyl (C=O) groups is 1. The Morgan fingerprint density at radius 2 is 1.85 bits per heavy atom. The number of H-pyrrole nitrogens is 1. The van der Waals surface area contributed by atoms with Crippen LogP contribution in [0.25, 0.3) is 22.4 Å². The lowest BCUT2D eigenvalue weighted by Gasteiger charge is -2.11. The largest absolute Gasteiger partial charge is 0.338 e. The van der Waals surface area contributed by atoms with E-state index in [-0.39, 0.29) is 5.91 Å². The Morgan fingerprint density at radius 1 is 1.04 bits per heavy atom. The fourth-order valence-corrected chi connectivity index (χ4v) is 3.22. The smallest absolute Gasteiger partial charge is 0.257 e. The fraction of sp³-hybridized carbons (Fsp3) is 0.0909. The van der Waals surface area contributed by atoms with E-state index in [2.05, 4.69) is 21.4 Å². The number of halogens is 1. The molecule has 5 heteroatoms. The predicted octanol–water partition coefficient (Wildman–Crippen LogP) is 5.75. The van der Waals surface area contributed by atoms with Crippen molar-refractivity contribution >= 4 is 34.2 Å². The molecule has 0 saturated carbocycles. The minimum Gasteiger partial charge on any atom is -0.338 e. The van der Waals surface area contributed by atoms with Crippen LogP contribution in [0.1, 0.15) is 21.5 Å². The van der Waals surface area contributed by atoms with Gasteiger partial charge in [-0.05, 0) is 55.3 Å². The standard InChI is InChI=1S/C22H18ClN3O/c1-13-7-10-18-20(11-13)25-21(24-18)15-9-8-14(2)19(12-15)26-22(27)16-5-3-4-6-17(16)23/h3-12H,1-2H3,(H,24,25)(H,26,27). The minimum absolute atomic E-state index is 0.235. The van der Waals surface area contributed by atoms with Crippen LogP contribution in [-0.2, 0) is 0 Å². The number of amides is 1. The van der Waals surface area contributed by atoms with E-state index < -0.39 is 0 Å². The summed E-state index contributed by atoms with van der Waals surface area (Å²) in [5.74, 6) is 0.532. The lowest BCUT2D eigenvalue weighted by Crippen LogP contribution is -2.13. The number of rotatable bonds is 3. The Kier molecular flexibility index (Phi) is 4.42. The second kappa shape index (κ2) is 6.89. The molecule has 0 aliphatic carbocycles. The van der Waals surface area contributed by atoms with Gasteiger partial charge in [-0.25, -0.2) is 4.98 Å². The molecule has 1 heterocycles. The number of carbonyl (C=O) groups excluding carboxylic acids is 1. The van der Waals surface area contributed by atoms with E-state index >= 15 is 0 Å². The van der Waals surface area contributed by atoms with Crippen molar-refractivity contribution in [2.75, 3.05) is 5.32 Å². The molecule has 4 rings (SSSR count). The number of aromatic amines is 1. The molecule has 134 valence electrons. The lowest BCUT2D eigenvalue weighted by atomic mass is 10.1. The van der Waals surface area contributed by atoms with Crippen molar-refractivity contribution in [3.05, 3.63) is 82.4 Å². The maximum Gasteiger partial charge on any atom is 0.257 e. The molecule has 0 radical (unpaired) electrons. The third-order valence-electron chi connectivity index (χ3n) is 4.52. The molecule has 0 fully saturated rings. The molecular weight excluding hydrogens is 358 g/mol. The molecule has 0 aliphatic heterocycles. The first-order chi connectivity index (χ1) is 13.0. The number of hydrogen-bond donors (Lipinski definition) is 2. The molecule has 27 heavy (non-hydrogen) atoms. The highest BCUT2D eigenvalue weighted by Gasteiger charge is 2.13. The molecular formula is C22H18ClN3O. The molecule has 0 atom stereocenters. The van der Waals surface area contributed by atoms with Crippen molar-refractivity contribution in [2.24, 2.45) is 0 Å². The maximum absolute atomic E-state index is 12.6. The van der Waals surface area contributed by atoms with Crippen molar-refractivity contribution in [1.29, 1.82) is 0 Å². The van der Waals surface area contributed by atoms with E-state index in [1.54, 1.807) is 24.3 Å². The van der Waals surface area contributed by atoms with Gasteiger partial charge in [-0.1, -0.05) is 41.9 Å². The van der Waals surface area contributed by atoms with Crippen LogP contribution < -0.4 is 5.32 Å². The van der Waals surface area contributed by atoms with E-state index in [1.807, 2.05) is 44.2 Å². The van der Waals surface area contributed by atoms with Crippen molar-refractivity contribution in [1.82, 2.24) is 9.97 Å². The highest BCUT2D eigenvalue weighted by Crippen LogP contribution is 2.27. The zero-order valence-corrected chi connectivity index (χ0v) is 15.8. The Balaban J connectivity index is 1.68. The number of fused-ring (bicyclic) bond motifs is 1. The number of hydrogen-bond acceptors (Lipinski definition) is 2. The highest BCUT2D eigenvalue weighted by atomic mass is 35.5. The van der Waals surface area contributed by atoms with Crippen LogP contribution in [0.15, 0.2) is 60.7 Å². The van der Waals surface area contributed by atoms with Gasteiger partial charge in [0, 0.05) is 11.3 Å². The van der Waals surface area contributed by atoms with Gasteiger partial charge in [-0.3, -0.25) is 4.79 Å². The lowest BCUT2D eigenvalue weighted by molar-refractivity contribution is 0.102. The second-order valence-electron chi connectivity index (χ2n) is 6.57. The third kappa shape index (κ3) is 3.44. The second-order valence-corrected chi connectivity index (χ2v) is 6.98. The van der Waals surface area contributed by atoms with Crippen molar-refractivity contribution in [2.45, 2.75) is 13.8 Å². The molecule has 3 aromatic carbocycles. The number of nitrogens with zero attached hydrogens (tertiary/aromatic N) is 1. The van der Waals surface area contributed by atoms with E-state index in [0.29, 0.717) is 10.6 Å². The van der Waals surface area contributed by atoms with Crippen molar-refractivity contribution in [3.8, 4) is 11.4 Å². The fourth-order valence-electron chi connectivity index (χ4n) is 3.00. The Morgan fingerprint density at radius 3 is 2.67 bits per heavy atom. The summed E-state index contributed by atoms with van der Waals surface area (Å²) in [6, 6.07) is 19.0. The number of benzene rings is 3. The molecule has 0 unspecified atom stereocenters.